The fourth-order valence-electron chi connectivity index (χ4n) is 0.757. The number of thioether (sulfide) groups is 1. The molecule has 0 heterocycles. The van der Waals surface area contributed by atoms with Crippen molar-refractivity contribution in [1.82, 2.24) is 0 Å². The van der Waals surface area contributed by atoms with Gasteiger partial charge in [-0.25, -0.2) is 0 Å². The van der Waals surface area contributed by atoms with E-state index in [-0.39, 0.29) is 0 Å². The van der Waals surface area contributed by atoms with Crippen molar-refractivity contribution in [2.75, 3.05) is 6.26 Å². The van der Waals surface area contributed by atoms with Gasteiger partial charge in [0.05, 0.1) is 0 Å². The van der Waals surface area contributed by atoms with Crippen LogP contribution in [-0.4, -0.2) is 6.26 Å². The van der Waals surface area contributed by atoms with Crippen molar-refractivity contribution in [1.29, 1.82) is 0 Å². The first-order valence-corrected chi connectivity index (χ1v) is 5.36. The van der Waals surface area contributed by atoms with Gasteiger partial charge in [0, 0.05) is 4.47 Å². The van der Waals surface area contributed by atoms with E-state index in [2.05, 4.69) is 45.8 Å². The second kappa shape index (κ2) is 4.62. The van der Waals surface area contributed by atoms with Gasteiger partial charge in [0.1, 0.15) is 0 Å². The Kier molecular flexibility index (Phi) is 3.73. The van der Waals surface area contributed by atoms with Crippen molar-refractivity contribution < 1.29 is 0 Å². The van der Waals surface area contributed by atoms with E-state index in [4.69, 9.17) is 0 Å². The molecule has 0 amide bonds. The molecule has 1 aromatic rings. The molecule has 0 fully saturated rings. The van der Waals surface area contributed by atoms with Crippen LogP contribution in [0.5, 0.6) is 0 Å². The van der Waals surface area contributed by atoms with Gasteiger partial charge in [-0.1, -0.05) is 28.1 Å². The third-order valence-electron chi connectivity index (χ3n) is 1.25. The minimum Gasteiger partial charge on any atom is -0.138 e. The van der Waals surface area contributed by atoms with Crippen molar-refractivity contribution in [3.63, 3.8) is 0 Å². The van der Waals surface area contributed by atoms with Gasteiger partial charge in [-0.05, 0) is 35.4 Å². The molecule has 1 rings (SSSR count). The van der Waals surface area contributed by atoms with Crippen LogP contribution in [0.2, 0.25) is 0 Å². The molecule has 0 saturated carbocycles. The minimum absolute atomic E-state index is 1.13. The largest absolute Gasteiger partial charge is 0.138 e. The topological polar surface area (TPSA) is 0 Å². The van der Waals surface area contributed by atoms with E-state index in [0.29, 0.717) is 0 Å². The Morgan fingerprint density at radius 2 is 2.27 bits per heavy atom. The first-order valence-electron chi connectivity index (χ1n) is 3.28. The molecule has 0 aliphatic carbocycles. The van der Waals surface area contributed by atoms with Gasteiger partial charge < -0.3 is 0 Å². The Balaban J connectivity index is 2.79. The van der Waals surface area contributed by atoms with Crippen LogP contribution in [0.4, 0.5) is 0 Å². The summed E-state index contributed by atoms with van der Waals surface area (Å²) in [4.78, 5) is 0. The molecule has 58 valence electrons. The quantitative estimate of drug-likeness (QED) is 0.743. The predicted molar refractivity (Wildman–Crippen MR) is 56.7 cm³/mol. The molecule has 11 heavy (non-hydrogen) atoms. The molecular formula is C9H9BrS. The number of hydrogen-bond acceptors (Lipinski definition) is 1. The highest BCUT2D eigenvalue weighted by Gasteiger charge is 1.86. The first kappa shape index (κ1) is 8.88. The van der Waals surface area contributed by atoms with Gasteiger partial charge in [-0.15, -0.1) is 11.8 Å². The third-order valence-corrected chi connectivity index (χ3v) is 2.15. The zero-order chi connectivity index (χ0) is 8.10. The minimum atomic E-state index is 1.13. The molecule has 0 unspecified atom stereocenters. The highest BCUT2D eigenvalue weighted by atomic mass is 79.9. The van der Waals surface area contributed by atoms with Crippen LogP contribution in [0.15, 0.2) is 34.1 Å². The van der Waals surface area contributed by atoms with Gasteiger partial charge in [0.15, 0.2) is 0 Å². The molecule has 0 saturated heterocycles. The Labute approximate surface area is 79.8 Å². The molecule has 0 aromatic heterocycles. The molecule has 0 spiro atoms. The average molecular weight is 229 g/mol. The summed E-state index contributed by atoms with van der Waals surface area (Å²) in [6.07, 6.45) is 4.14. The van der Waals surface area contributed by atoms with Crippen LogP contribution in [0.25, 0.3) is 6.08 Å². The summed E-state index contributed by atoms with van der Waals surface area (Å²) in [6, 6.07) is 8.23. The summed E-state index contributed by atoms with van der Waals surface area (Å²) in [5.74, 6) is 0. The van der Waals surface area contributed by atoms with E-state index >= 15 is 0 Å². The van der Waals surface area contributed by atoms with Crippen LogP contribution >= 0.6 is 27.7 Å². The lowest BCUT2D eigenvalue weighted by molar-refractivity contribution is 1.61. The lowest BCUT2D eigenvalue weighted by atomic mass is 10.2. The highest BCUT2D eigenvalue weighted by Crippen LogP contribution is 2.13. The summed E-state index contributed by atoms with van der Waals surface area (Å²) in [5.41, 5.74) is 1.23. The van der Waals surface area contributed by atoms with E-state index in [9.17, 15) is 0 Å². The monoisotopic (exact) mass is 228 g/mol. The van der Waals surface area contributed by atoms with Gasteiger partial charge in [0.2, 0.25) is 0 Å². The smallest absolute Gasteiger partial charge is 0.0181 e. The summed E-state index contributed by atoms with van der Waals surface area (Å²) in [5, 5.41) is 2.07. The van der Waals surface area contributed by atoms with E-state index in [1.807, 2.05) is 12.1 Å². The SMILES string of the molecule is CSC=Cc1cccc(Br)c1. The van der Waals surface area contributed by atoms with Gasteiger partial charge >= 0.3 is 0 Å². The molecule has 0 aliphatic heterocycles. The molecule has 1 aromatic carbocycles. The average Bonchev–Trinajstić information content (AvgIpc) is 2.01. The van der Waals surface area contributed by atoms with E-state index in [1.54, 1.807) is 11.8 Å². The van der Waals surface area contributed by atoms with Crippen LogP contribution in [0.1, 0.15) is 5.56 Å². The molecule has 0 N–H and O–H groups in total. The maximum atomic E-state index is 3.41. The van der Waals surface area contributed by atoms with E-state index in [1.165, 1.54) is 5.56 Å². The van der Waals surface area contributed by atoms with Gasteiger partial charge in [-0.2, -0.15) is 0 Å². The van der Waals surface area contributed by atoms with Crippen LogP contribution < -0.4 is 0 Å². The van der Waals surface area contributed by atoms with Crippen molar-refractivity contribution in [2.24, 2.45) is 0 Å². The fourth-order valence-corrected chi connectivity index (χ4v) is 1.47. The second-order valence-electron chi connectivity index (χ2n) is 2.09. The molecule has 0 atom stereocenters. The highest BCUT2D eigenvalue weighted by molar-refractivity contribution is 9.10. The maximum Gasteiger partial charge on any atom is 0.0181 e. The van der Waals surface area contributed by atoms with Crippen molar-refractivity contribution in [3.05, 3.63) is 39.7 Å². The van der Waals surface area contributed by atoms with E-state index < -0.39 is 0 Å². The van der Waals surface area contributed by atoms with Crippen LogP contribution in [-0.2, 0) is 0 Å². The van der Waals surface area contributed by atoms with Crippen molar-refractivity contribution >= 4 is 33.8 Å². The van der Waals surface area contributed by atoms with E-state index in [0.717, 1.165) is 4.47 Å². The third kappa shape index (κ3) is 3.12. The molecule has 0 aliphatic rings. The first-order chi connectivity index (χ1) is 5.33. The van der Waals surface area contributed by atoms with Crippen molar-refractivity contribution in [3.8, 4) is 0 Å². The normalized spacial score (nSPS) is 10.7. The van der Waals surface area contributed by atoms with Crippen LogP contribution in [0, 0.1) is 0 Å². The molecule has 0 radical (unpaired) electrons. The number of rotatable bonds is 2. The lowest BCUT2D eigenvalue weighted by Gasteiger charge is -1.92. The summed E-state index contributed by atoms with van der Waals surface area (Å²) in [6.45, 7) is 0. The Morgan fingerprint density at radius 3 is 2.91 bits per heavy atom. The predicted octanol–water partition coefficient (Wildman–Crippen LogP) is 3.78. The van der Waals surface area contributed by atoms with Gasteiger partial charge in [-0.3, -0.25) is 0 Å². The molecular weight excluding hydrogens is 220 g/mol. The zero-order valence-electron chi connectivity index (χ0n) is 6.25. The van der Waals surface area contributed by atoms with Crippen LogP contribution in [0.3, 0.4) is 0 Å². The summed E-state index contributed by atoms with van der Waals surface area (Å²) >= 11 is 5.12. The Bertz CT molecular complexity index is 255. The standard InChI is InChI=1S/C9H9BrS/c1-11-6-5-8-3-2-4-9(10)7-8/h2-7H,1H3. The lowest BCUT2D eigenvalue weighted by Crippen LogP contribution is -1.69. The Morgan fingerprint density at radius 1 is 1.45 bits per heavy atom. The van der Waals surface area contributed by atoms with Gasteiger partial charge in [0.25, 0.3) is 0 Å². The molecule has 0 nitrogen and oxygen atoms in total. The summed E-state index contributed by atoms with van der Waals surface area (Å²) in [7, 11) is 0. The molecule has 2 heteroatoms. The molecule has 0 bridgehead atoms. The number of benzene rings is 1. The zero-order valence-corrected chi connectivity index (χ0v) is 8.65. The summed E-state index contributed by atoms with van der Waals surface area (Å²) < 4.78 is 1.13. The Hall–Kier alpha value is -0.210. The number of hydrogen-bond donors (Lipinski definition) is 0. The second-order valence-corrected chi connectivity index (χ2v) is 3.75. The number of halogens is 1. The van der Waals surface area contributed by atoms with Crippen molar-refractivity contribution in [2.45, 2.75) is 0 Å². The maximum absolute atomic E-state index is 3.41. The fraction of sp³-hybridized carbons (Fsp3) is 0.111.